The molecule has 1 aromatic carbocycles. The molecule has 7 nitrogen and oxygen atoms in total. The second-order valence-electron chi connectivity index (χ2n) is 6.51. The molecule has 0 saturated heterocycles. The van der Waals surface area contributed by atoms with Crippen LogP contribution in [0.1, 0.15) is 16.8 Å². The number of hydrogen-bond acceptors (Lipinski definition) is 6. The second-order valence-corrected chi connectivity index (χ2v) is 7.30. The van der Waals surface area contributed by atoms with Gasteiger partial charge in [-0.1, -0.05) is 0 Å². The van der Waals surface area contributed by atoms with E-state index in [-0.39, 0.29) is 34.5 Å². The minimum Gasteiger partial charge on any atom is -0.487 e. The molecule has 0 amide bonds. The zero-order chi connectivity index (χ0) is 21.7. The summed E-state index contributed by atoms with van der Waals surface area (Å²) in [5.41, 5.74) is 6.69. The van der Waals surface area contributed by atoms with Crippen molar-refractivity contribution >= 4 is 21.9 Å². The third kappa shape index (κ3) is 5.19. The molecule has 0 fully saturated rings. The molecular formula is C20H20BrF2N5O2. The fraction of sp³-hybridized carbons (Fsp3) is 0.250. The third-order valence-corrected chi connectivity index (χ3v) is 5.02. The minimum absolute atomic E-state index is 0.140. The Morgan fingerprint density at radius 3 is 2.63 bits per heavy atom. The molecule has 0 atom stereocenters. The molecule has 3 aromatic rings. The summed E-state index contributed by atoms with van der Waals surface area (Å²) in [5.74, 6) is -0.634. The average molecular weight is 480 g/mol. The predicted octanol–water partition coefficient (Wildman–Crippen LogP) is 2.99. The Morgan fingerprint density at radius 2 is 1.97 bits per heavy atom. The largest absolute Gasteiger partial charge is 0.487 e. The number of rotatable bonds is 8. The first kappa shape index (κ1) is 21.8. The number of nitrogens with one attached hydrogen (secondary N) is 1. The van der Waals surface area contributed by atoms with Gasteiger partial charge >= 0.3 is 0 Å². The molecule has 0 radical (unpaired) electrons. The number of nitrogens with two attached hydrogens (primary N) is 1. The molecule has 0 spiro atoms. The SMILES string of the molecule is Cc1cc(OCc2ccc(F)cc2F)c(Br)c(=O)n1Cc1cnc(NCCN)nc1. The van der Waals surface area contributed by atoms with Gasteiger partial charge in [-0.2, -0.15) is 0 Å². The van der Waals surface area contributed by atoms with E-state index in [1.807, 2.05) is 0 Å². The van der Waals surface area contributed by atoms with E-state index in [9.17, 15) is 13.6 Å². The summed E-state index contributed by atoms with van der Waals surface area (Å²) in [4.78, 5) is 21.2. The van der Waals surface area contributed by atoms with Crippen LogP contribution >= 0.6 is 15.9 Å². The molecule has 0 unspecified atom stereocenters. The lowest BCUT2D eigenvalue weighted by atomic mass is 10.2. The van der Waals surface area contributed by atoms with Crippen LogP contribution in [0.15, 0.2) is 45.9 Å². The van der Waals surface area contributed by atoms with Crippen LogP contribution in [0.25, 0.3) is 0 Å². The molecule has 10 heteroatoms. The van der Waals surface area contributed by atoms with Crippen molar-refractivity contribution in [2.45, 2.75) is 20.1 Å². The Hall–Kier alpha value is -2.85. The summed E-state index contributed by atoms with van der Waals surface area (Å²) in [6, 6.07) is 4.92. The summed E-state index contributed by atoms with van der Waals surface area (Å²) >= 11 is 3.26. The van der Waals surface area contributed by atoms with Crippen molar-refractivity contribution in [2.75, 3.05) is 18.4 Å². The van der Waals surface area contributed by atoms with Gasteiger partial charge in [-0.3, -0.25) is 4.79 Å². The number of ether oxygens (including phenoxy) is 1. The van der Waals surface area contributed by atoms with Crippen molar-refractivity contribution in [3.63, 3.8) is 0 Å². The van der Waals surface area contributed by atoms with Crippen LogP contribution in [-0.4, -0.2) is 27.6 Å². The summed E-state index contributed by atoms with van der Waals surface area (Å²) in [5, 5.41) is 2.97. The maximum atomic E-state index is 13.8. The quantitative estimate of drug-likeness (QED) is 0.515. The fourth-order valence-electron chi connectivity index (χ4n) is 2.71. The zero-order valence-electron chi connectivity index (χ0n) is 16.2. The van der Waals surface area contributed by atoms with Crippen LogP contribution in [-0.2, 0) is 13.2 Å². The van der Waals surface area contributed by atoms with Crippen LogP contribution in [0.5, 0.6) is 5.75 Å². The Kier molecular flexibility index (Phi) is 7.11. The van der Waals surface area contributed by atoms with Gasteiger partial charge in [0, 0.05) is 54.4 Å². The minimum atomic E-state index is -0.708. The van der Waals surface area contributed by atoms with Gasteiger partial charge in [0.1, 0.15) is 28.5 Å². The maximum Gasteiger partial charge on any atom is 0.269 e. The van der Waals surface area contributed by atoms with Gasteiger partial charge in [0.2, 0.25) is 5.95 Å². The van der Waals surface area contributed by atoms with Gasteiger partial charge < -0.3 is 20.4 Å². The van der Waals surface area contributed by atoms with Crippen LogP contribution in [0.4, 0.5) is 14.7 Å². The number of benzene rings is 1. The summed E-state index contributed by atoms with van der Waals surface area (Å²) in [7, 11) is 0. The normalized spacial score (nSPS) is 10.8. The van der Waals surface area contributed by atoms with E-state index in [1.54, 1.807) is 30.0 Å². The van der Waals surface area contributed by atoms with Crippen molar-refractivity contribution in [3.05, 3.63) is 79.9 Å². The van der Waals surface area contributed by atoms with E-state index in [0.717, 1.165) is 17.7 Å². The van der Waals surface area contributed by atoms with Crippen LogP contribution < -0.4 is 21.3 Å². The number of aromatic nitrogens is 3. The molecule has 3 N–H and O–H groups in total. The van der Waals surface area contributed by atoms with E-state index in [4.69, 9.17) is 10.5 Å². The van der Waals surface area contributed by atoms with Gasteiger partial charge in [-0.05, 0) is 35.0 Å². The lowest BCUT2D eigenvalue weighted by Crippen LogP contribution is -2.24. The first-order valence-electron chi connectivity index (χ1n) is 9.10. The monoisotopic (exact) mass is 479 g/mol. The number of nitrogens with zero attached hydrogens (tertiary/aromatic N) is 3. The fourth-order valence-corrected chi connectivity index (χ4v) is 3.15. The zero-order valence-corrected chi connectivity index (χ0v) is 17.7. The van der Waals surface area contributed by atoms with Gasteiger partial charge in [0.15, 0.2) is 0 Å². The van der Waals surface area contributed by atoms with Crippen LogP contribution in [0, 0.1) is 18.6 Å². The van der Waals surface area contributed by atoms with Crippen molar-refractivity contribution in [3.8, 4) is 5.75 Å². The highest BCUT2D eigenvalue weighted by atomic mass is 79.9. The topological polar surface area (TPSA) is 95.1 Å². The van der Waals surface area contributed by atoms with Gasteiger partial charge in [-0.15, -0.1) is 0 Å². The van der Waals surface area contributed by atoms with E-state index >= 15 is 0 Å². The third-order valence-electron chi connectivity index (χ3n) is 4.29. The van der Waals surface area contributed by atoms with Gasteiger partial charge in [0.05, 0.1) is 6.54 Å². The number of aryl methyl sites for hydroxylation is 1. The van der Waals surface area contributed by atoms with E-state index < -0.39 is 11.6 Å². The van der Waals surface area contributed by atoms with Gasteiger partial charge in [-0.25, -0.2) is 18.7 Å². The van der Waals surface area contributed by atoms with E-state index in [1.165, 1.54) is 6.07 Å². The van der Waals surface area contributed by atoms with Crippen LogP contribution in [0.2, 0.25) is 0 Å². The lowest BCUT2D eigenvalue weighted by molar-refractivity contribution is 0.295. The summed E-state index contributed by atoms with van der Waals surface area (Å²) in [6.45, 7) is 2.92. The Morgan fingerprint density at radius 1 is 1.23 bits per heavy atom. The smallest absolute Gasteiger partial charge is 0.269 e. The molecule has 0 aliphatic carbocycles. The molecule has 158 valence electrons. The van der Waals surface area contributed by atoms with E-state index in [0.29, 0.717) is 24.7 Å². The maximum absolute atomic E-state index is 13.8. The second kappa shape index (κ2) is 9.77. The Labute approximate surface area is 180 Å². The van der Waals surface area contributed by atoms with Crippen molar-refractivity contribution < 1.29 is 13.5 Å². The van der Waals surface area contributed by atoms with Crippen molar-refractivity contribution in [1.29, 1.82) is 0 Å². The predicted molar refractivity (Wildman–Crippen MR) is 113 cm³/mol. The molecule has 30 heavy (non-hydrogen) atoms. The van der Waals surface area contributed by atoms with Crippen LogP contribution in [0.3, 0.4) is 0 Å². The molecule has 2 aromatic heterocycles. The summed E-state index contributed by atoms with van der Waals surface area (Å²) in [6.07, 6.45) is 3.26. The number of anilines is 1. The highest BCUT2D eigenvalue weighted by Crippen LogP contribution is 2.24. The number of halogens is 3. The Balaban J connectivity index is 1.76. The summed E-state index contributed by atoms with van der Waals surface area (Å²) < 4.78 is 34.2. The van der Waals surface area contributed by atoms with Crippen molar-refractivity contribution in [1.82, 2.24) is 14.5 Å². The molecule has 0 aliphatic heterocycles. The molecule has 3 rings (SSSR count). The molecule has 0 aliphatic rings. The standard InChI is InChI=1S/C20H20BrF2N5O2/c1-12-6-17(30-11-14-2-3-15(22)7-16(14)23)18(21)19(29)28(12)10-13-8-26-20(27-9-13)25-5-4-24/h2-3,6-9H,4-5,10-11,24H2,1H3,(H,25,26,27). The number of hydrogen-bond donors (Lipinski definition) is 2. The van der Waals surface area contributed by atoms with E-state index in [2.05, 4.69) is 31.2 Å². The Bertz CT molecular complexity index is 1090. The highest BCUT2D eigenvalue weighted by Gasteiger charge is 2.14. The molecule has 0 bridgehead atoms. The first-order chi connectivity index (χ1) is 14.4. The molecule has 0 saturated carbocycles. The number of pyridine rings is 1. The first-order valence-corrected chi connectivity index (χ1v) is 9.90. The highest BCUT2D eigenvalue weighted by molar-refractivity contribution is 9.10. The molecular weight excluding hydrogens is 460 g/mol. The average Bonchev–Trinajstić information content (AvgIpc) is 2.73. The molecule has 2 heterocycles. The van der Waals surface area contributed by atoms with Gasteiger partial charge in [0.25, 0.3) is 5.56 Å². The lowest BCUT2D eigenvalue weighted by Gasteiger charge is -2.15. The van der Waals surface area contributed by atoms with Crippen molar-refractivity contribution in [2.24, 2.45) is 5.73 Å².